The number of rotatable bonds is 4. The second-order valence-electron chi connectivity index (χ2n) is 5.58. The molecule has 0 bridgehead atoms. The zero-order valence-corrected chi connectivity index (χ0v) is 15.0. The number of aromatic nitrogens is 2. The minimum atomic E-state index is 0.634. The van der Waals surface area contributed by atoms with Gasteiger partial charge in [-0.15, -0.1) is 11.8 Å². The third kappa shape index (κ3) is 3.50. The van der Waals surface area contributed by atoms with Crippen LogP contribution >= 0.6 is 27.7 Å². The first kappa shape index (κ1) is 15.5. The molecule has 112 valence electrons. The molecule has 0 saturated carbocycles. The predicted octanol–water partition coefficient (Wildman–Crippen LogP) is 5.81. The van der Waals surface area contributed by atoms with E-state index in [1.807, 2.05) is 48.2 Å². The van der Waals surface area contributed by atoms with Crippen molar-refractivity contribution in [2.45, 2.75) is 18.9 Å². The second kappa shape index (κ2) is 6.80. The molecule has 3 aromatic rings. The minimum absolute atomic E-state index is 0.634. The molecule has 0 fully saturated rings. The van der Waals surface area contributed by atoms with Gasteiger partial charge in [0.05, 0.1) is 5.52 Å². The maximum atomic E-state index is 4.81. The lowest BCUT2D eigenvalue weighted by Gasteiger charge is -2.10. The number of hydrogen-bond donors (Lipinski definition) is 0. The highest BCUT2D eigenvalue weighted by Gasteiger charge is 2.10. The fraction of sp³-hybridized carbons (Fsp3) is 0.222. The Morgan fingerprint density at radius 3 is 2.45 bits per heavy atom. The lowest BCUT2D eigenvalue weighted by Crippen LogP contribution is -1.96. The third-order valence-electron chi connectivity index (χ3n) is 3.22. The lowest BCUT2D eigenvalue weighted by molar-refractivity contribution is 0.749. The summed E-state index contributed by atoms with van der Waals surface area (Å²) in [7, 11) is 0. The van der Waals surface area contributed by atoms with Gasteiger partial charge in [-0.3, -0.25) is 0 Å². The molecule has 0 unspecified atom stereocenters. The molecule has 3 rings (SSSR count). The molecule has 1 aromatic heterocycles. The summed E-state index contributed by atoms with van der Waals surface area (Å²) in [4.78, 5) is 9.53. The third-order valence-corrected chi connectivity index (χ3v) is 5.17. The van der Waals surface area contributed by atoms with Crippen LogP contribution in [0.1, 0.15) is 13.8 Å². The van der Waals surface area contributed by atoms with E-state index in [0.717, 1.165) is 37.5 Å². The molecular weight excluding hydrogens is 356 g/mol. The summed E-state index contributed by atoms with van der Waals surface area (Å²) in [5.74, 6) is 2.48. The van der Waals surface area contributed by atoms with Crippen LogP contribution in [-0.4, -0.2) is 15.7 Å². The molecule has 4 heteroatoms. The normalized spacial score (nSPS) is 11.3. The van der Waals surface area contributed by atoms with E-state index in [9.17, 15) is 0 Å². The van der Waals surface area contributed by atoms with Gasteiger partial charge in [0.25, 0.3) is 0 Å². The quantitative estimate of drug-likeness (QED) is 0.427. The Morgan fingerprint density at radius 2 is 1.73 bits per heavy atom. The Morgan fingerprint density at radius 1 is 1.00 bits per heavy atom. The fourth-order valence-electron chi connectivity index (χ4n) is 2.13. The molecule has 0 aliphatic carbocycles. The summed E-state index contributed by atoms with van der Waals surface area (Å²) in [6.45, 7) is 4.46. The van der Waals surface area contributed by atoms with E-state index in [1.54, 1.807) is 0 Å². The first-order chi connectivity index (χ1) is 10.6. The number of fused-ring (bicyclic) bond motifs is 1. The number of benzene rings is 2. The first-order valence-corrected chi connectivity index (χ1v) is 9.07. The highest BCUT2D eigenvalue weighted by molar-refractivity contribution is 9.10. The summed E-state index contributed by atoms with van der Waals surface area (Å²) >= 11 is 5.28. The lowest BCUT2D eigenvalue weighted by atomic mass is 10.2. The molecular formula is C18H17BrN2S. The van der Waals surface area contributed by atoms with E-state index < -0.39 is 0 Å². The number of hydrogen-bond acceptors (Lipinski definition) is 3. The largest absolute Gasteiger partial charge is 0.228 e. The standard InChI is InChI=1S/C18H17BrN2S/c1-12(2)11-22-18-15-5-3-4-6-16(15)20-17(21-18)13-7-9-14(19)10-8-13/h3-10,12H,11H2,1-2H3. The van der Waals surface area contributed by atoms with E-state index in [2.05, 4.69) is 41.9 Å². The number of halogens is 1. The van der Waals surface area contributed by atoms with E-state index in [4.69, 9.17) is 9.97 Å². The Bertz CT molecular complexity index is 785. The monoisotopic (exact) mass is 372 g/mol. The highest BCUT2D eigenvalue weighted by Crippen LogP contribution is 2.29. The van der Waals surface area contributed by atoms with Crippen molar-refractivity contribution in [3.8, 4) is 11.4 Å². The number of thioether (sulfide) groups is 1. The van der Waals surface area contributed by atoms with Gasteiger partial charge in [0.2, 0.25) is 0 Å². The summed E-state index contributed by atoms with van der Waals surface area (Å²) in [5, 5.41) is 2.20. The second-order valence-corrected chi connectivity index (χ2v) is 7.51. The van der Waals surface area contributed by atoms with Crippen LogP contribution < -0.4 is 0 Å². The van der Waals surface area contributed by atoms with Gasteiger partial charge in [-0.05, 0) is 24.1 Å². The van der Waals surface area contributed by atoms with E-state index >= 15 is 0 Å². The molecule has 0 amide bonds. The molecule has 0 saturated heterocycles. The van der Waals surface area contributed by atoms with Crippen LogP contribution in [0.2, 0.25) is 0 Å². The fourth-order valence-corrected chi connectivity index (χ4v) is 3.37. The van der Waals surface area contributed by atoms with Crippen molar-refractivity contribution in [1.82, 2.24) is 9.97 Å². The van der Waals surface area contributed by atoms with Crippen molar-refractivity contribution < 1.29 is 0 Å². The van der Waals surface area contributed by atoms with Gasteiger partial charge < -0.3 is 0 Å². The molecule has 22 heavy (non-hydrogen) atoms. The van der Waals surface area contributed by atoms with Crippen LogP contribution in [0.5, 0.6) is 0 Å². The van der Waals surface area contributed by atoms with Gasteiger partial charge in [-0.2, -0.15) is 0 Å². The molecule has 0 aliphatic heterocycles. The van der Waals surface area contributed by atoms with Crippen molar-refractivity contribution in [2.24, 2.45) is 5.92 Å². The minimum Gasteiger partial charge on any atom is -0.228 e. The van der Waals surface area contributed by atoms with Crippen LogP contribution in [0.15, 0.2) is 58.0 Å². The zero-order valence-electron chi connectivity index (χ0n) is 12.6. The van der Waals surface area contributed by atoms with Crippen LogP contribution in [-0.2, 0) is 0 Å². The van der Waals surface area contributed by atoms with Crippen LogP contribution in [0, 0.1) is 5.92 Å². The Hall–Kier alpha value is -1.39. The molecule has 0 atom stereocenters. The van der Waals surface area contributed by atoms with Crippen LogP contribution in [0.25, 0.3) is 22.3 Å². The van der Waals surface area contributed by atoms with Gasteiger partial charge in [-0.1, -0.05) is 60.1 Å². The molecule has 0 radical (unpaired) electrons. The molecule has 0 N–H and O–H groups in total. The van der Waals surface area contributed by atoms with Gasteiger partial charge in [-0.25, -0.2) is 9.97 Å². The van der Waals surface area contributed by atoms with Crippen LogP contribution in [0.4, 0.5) is 0 Å². The number of para-hydroxylation sites is 1. The van der Waals surface area contributed by atoms with Crippen molar-refractivity contribution in [3.05, 3.63) is 53.0 Å². The summed E-state index contributed by atoms with van der Waals surface area (Å²) < 4.78 is 1.06. The Balaban J connectivity index is 2.09. The maximum absolute atomic E-state index is 4.81. The van der Waals surface area contributed by atoms with Gasteiger partial charge >= 0.3 is 0 Å². The highest BCUT2D eigenvalue weighted by atomic mass is 79.9. The summed E-state index contributed by atoms with van der Waals surface area (Å²) in [6.07, 6.45) is 0. The van der Waals surface area contributed by atoms with Crippen LogP contribution in [0.3, 0.4) is 0 Å². The molecule has 2 nitrogen and oxygen atoms in total. The molecule has 0 spiro atoms. The van der Waals surface area contributed by atoms with Crippen molar-refractivity contribution in [2.75, 3.05) is 5.75 Å². The van der Waals surface area contributed by atoms with Gasteiger partial charge in [0, 0.05) is 21.2 Å². The van der Waals surface area contributed by atoms with E-state index in [0.29, 0.717) is 5.92 Å². The van der Waals surface area contributed by atoms with E-state index in [1.165, 1.54) is 0 Å². The topological polar surface area (TPSA) is 25.8 Å². The average Bonchev–Trinajstić information content (AvgIpc) is 2.53. The predicted molar refractivity (Wildman–Crippen MR) is 98.2 cm³/mol. The molecule has 0 aliphatic rings. The Labute approximate surface area is 143 Å². The Kier molecular flexibility index (Phi) is 4.79. The van der Waals surface area contributed by atoms with Gasteiger partial charge in [0.1, 0.15) is 5.03 Å². The number of nitrogens with zero attached hydrogens (tertiary/aromatic N) is 2. The molecule has 1 heterocycles. The van der Waals surface area contributed by atoms with Crippen molar-refractivity contribution >= 4 is 38.6 Å². The first-order valence-electron chi connectivity index (χ1n) is 7.29. The zero-order chi connectivity index (χ0) is 15.5. The maximum Gasteiger partial charge on any atom is 0.161 e. The SMILES string of the molecule is CC(C)CSc1nc(-c2ccc(Br)cc2)nc2ccccc12. The summed E-state index contributed by atoms with van der Waals surface area (Å²) in [5.41, 5.74) is 2.04. The molecule has 2 aromatic carbocycles. The van der Waals surface area contributed by atoms with Crippen molar-refractivity contribution in [1.29, 1.82) is 0 Å². The summed E-state index contributed by atoms with van der Waals surface area (Å²) in [6, 6.07) is 16.4. The average molecular weight is 373 g/mol. The smallest absolute Gasteiger partial charge is 0.161 e. The van der Waals surface area contributed by atoms with E-state index in [-0.39, 0.29) is 0 Å². The van der Waals surface area contributed by atoms with Gasteiger partial charge in [0.15, 0.2) is 5.82 Å². The van der Waals surface area contributed by atoms with Crippen molar-refractivity contribution in [3.63, 3.8) is 0 Å².